The summed E-state index contributed by atoms with van der Waals surface area (Å²) in [5, 5.41) is 0. The summed E-state index contributed by atoms with van der Waals surface area (Å²) in [6.07, 6.45) is 7.37. The van der Waals surface area contributed by atoms with E-state index in [9.17, 15) is 4.79 Å². The smallest absolute Gasteiger partial charge is 0.302 e. The van der Waals surface area contributed by atoms with Gasteiger partial charge >= 0.3 is 5.69 Å². The maximum Gasteiger partial charge on any atom is 0.327 e. The van der Waals surface area contributed by atoms with Gasteiger partial charge in [0.05, 0.1) is 0 Å². The Morgan fingerprint density at radius 1 is 1.50 bits per heavy atom. The van der Waals surface area contributed by atoms with Crippen molar-refractivity contribution in [3.8, 4) is 0 Å². The van der Waals surface area contributed by atoms with E-state index >= 15 is 0 Å². The highest BCUT2D eigenvalue weighted by Gasteiger charge is 2.36. The lowest BCUT2D eigenvalue weighted by Crippen LogP contribution is -2.39. The zero-order chi connectivity index (χ0) is 10.2. The SMILES string of the molecule is Cn1ccn(CC2(CS)CCC2)c1=O. The monoisotopic (exact) mass is 212 g/mol. The first-order chi connectivity index (χ1) is 6.67. The van der Waals surface area contributed by atoms with Crippen LogP contribution < -0.4 is 5.69 Å². The van der Waals surface area contributed by atoms with Crippen LogP contribution in [0.1, 0.15) is 19.3 Å². The summed E-state index contributed by atoms with van der Waals surface area (Å²) in [7, 11) is 1.78. The number of aryl methyl sites for hydroxylation is 1. The van der Waals surface area contributed by atoms with Gasteiger partial charge in [-0.1, -0.05) is 6.42 Å². The van der Waals surface area contributed by atoms with Crippen LogP contribution in [-0.2, 0) is 13.6 Å². The Hall–Kier alpha value is -0.640. The van der Waals surface area contributed by atoms with E-state index in [1.807, 2.05) is 12.4 Å². The maximum absolute atomic E-state index is 11.6. The molecule has 0 radical (unpaired) electrons. The molecule has 0 atom stereocenters. The lowest BCUT2D eigenvalue weighted by atomic mass is 9.70. The molecule has 1 aromatic rings. The molecule has 0 aromatic carbocycles. The maximum atomic E-state index is 11.6. The van der Waals surface area contributed by atoms with E-state index in [-0.39, 0.29) is 11.1 Å². The summed E-state index contributed by atoms with van der Waals surface area (Å²) in [6, 6.07) is 0. The fourth-order valence-corrected chi connectivity index (χ4v) is 2.45. The number of rotatable bonds is 3. The van der Waals surface area contributed by atoms with Crippen molar-refractivity contribution in [1.82, 2.24) is 9.13 Å². The van der Waals surface area contributed by atoms with Crippen molar-refractivity contribution >= 4 is 12.6 Å². The molecule has 3 nitrogen and oxygen atoms in total. The minimum Gasteiger partial charge on any atom is -0.302 e. The predicted molar refractivity (Wildman–Crippen MR) is 59.8 cm³/mol. The standard InChI is InChI=1S/C10H16N2OS/c1-11-5-6-12(9(11)13)7-10(8-14)3-2-4-10/h5-6,14H,2-4,7-8H2,1H3. The molecule has 1 fully saturated rings. The highest BCUT2D eigenvalue weighted by atomic mass is 32.1. The van der Waals surface area contributed by atoms with Crippen LogP contribution >= 0.6 is 12.6 Å². The van der Waals surface area contributed by atoms with E-state index in [0.29, 0.717) is 0 Å². The zero-order valence-electron chi connectivity index (χ0n) is 8.44. The molecular formula is C10H16N2OS. The molecule has 2 rings (SSSR count). The van der Waals surface area contributed by atoms with E-state index in [4.69, 9.17) is 0 Å². The molecule has 1 heterocycles. The van der Waals surface area contributed by atoms with Crippen molar-refractivity contribution in [2.45, 2.75) is 25.8 Å². The number of hydrogen-bond donors (Lipinski definition) is 1. The Morgan fingerprint density at radius 2 is 2.21 bits per heavy atom. The largest absolute Gasteiger partial charge is 0.327 e. The first-order valence-corrected chi connectivity index (χ1v) is 5.63. The Labute approximate surface area is 89.1 Å². The second-order valence-corrected chi connectivity index (χ2v) is 4.65. The van der Waals surface area contributed by atoms with Gasteiger partial charge in [0.1, 0.15) is 0 Å². The van der Waals surface area contributed by atoms with Crippen molar-refractivity contribution in [3.05, 3.63) is 22.9 Å². The van der Waals surface area contributed by atoms with Gasteiger partial charge in [0.15, 0.2) is 0 Å². The van der Waals surface area contributed by atoms with E-state index < -0.39 is 0 Å². The Balaban J connectivity index is 2.18. The topological polar surface area (TPSA) is 26.9 Å². The average molecular weight is 212 g/mol. The minimum absolute atomic E-state index is 0.0815. The summed E-state index contributed by atoms with van der Waals surface area (Å²) < 4.78 is 3.42. The summed E-state index contributed by atoms with van der Waals surface area (Å²) in [5.74, 6) is 0.883. The van der Waals surface area contributed by atoms with Crippen molar-refractivity contribution in [3.63, 3.8) is 0 Å². The number of imidazole rings is 1. The molecule has 1 aromatic heterocycles. The molecule has 0 saturated heterocycles. The fourth-order valence-electron chi connectivity index (χ4n) is 2.04. The number of nitrogens with zero attached hydrogens (tertiary/aromatic N) is 2. The third kappa shape index (κ3) is 1.52. The first kappa shape index (κ1) is 9.90. The number of thiol groups is 1. The van der Waals surface area contributed by atoms with Gasteiger partial charge in [-0.2, -0.15) is 12.6 Å². The molecule has 1 aliphatic rings. The van der Waals surface area contributed by atoms with Crippen molar-refractivity contribution in [2.24, 2.45) is 12.5 Å². The Kier molecular flexibility index (Phi) is 2.47. The second-order valence-electron chi connectivity index (χ2n) is 4.33. The zero-order valence-corrected chi connectivity index (χ0v) is 9.33. The lowest BCUT2D eigenvalue weighted by molar-refractivity contribution is 0.137. The third-order valence-corrected chi connectivity index (χ3v) is 3.94. The Morgan fingerprint density at radius 3 is 2.57 bits per heavy atom. The number of hydrogen-bond acceptors (Lipinski definition) is 2. The molecule has 0 spiro atoms. The average Bonchev–Trinajstić information content (AvgIpc) is 2.42. The summed E-state index contributed by atoms with van der Waals surface area (Å²) in [5.41, 5.74) is 0.368. The Bertz CT molecular complexity index is 370. The van der Waals surface area contributed by atoms with Gasteiger partial charge in [-0.15, -0.1) is 0 Å². The lowest BCUT2D eigenvalue weighted by Gasteiger charge is -2.40. The van der Waals surface area contributed by atoms with Crippen molar-refractivity contribution < 1.29 is 0 Å². The second kappa shape index (κ2) is 3.50. The van der Waals surface area contributed by atoms with Crippen LogP contribution in [0.2, 0.25) is 0 Å². The van der Waals surface area contributed by atoms with Gasteiger partial charge in [-0.25, -0.2) is 4.79 Å². The van der Waals surface area contributed by atoms with E-state index in [2.05, 4.69) is 12.6 Å². The molecule has 4 heteroatoms. The van der Waals surface area contributed by atoms with Crippen LogP contribution in [0.4, 0.5) is 0 Å². The summed E-state index contributed by atoms with van der Waals surface area (Å²) in [6.45, 7) is 0.830. The first-order valence-electron chi connectivity index (χ1n) is 4.99. The van der Waals surface area contributed by atoms with Gasteiger partial charge in [-0.05, 0) is 24.0 Å². The molecule has 0 amide bonds. The quantitative estimate of drug-likeness (QED) is 0.751. The minimum atomic E-state index is 0.0815. The highest BCUT2D eigenvalue weighted by Crippen LogP contribution is 2.42. The van der Waals surface area contributed by atoms with Gasteiger partial charge in [0.2, 0.25) is 0 Å². The van der Waals surface area contributed by atoms with Crippen molar-refractivity contribution in [2.75, 3.05) is 5.75 Å². The summed E-state index contributed by atoms with van der Waals surface area (Å²) >= 11 is 4.38. The van der Waals surface area contributed by atoms with E-state index in [1.165, 1.54) is 19.3 Å². The number of aromatic nitrogens is 2. The molecule has 14 heavy (non-hydrogen) atoms. The van der Waals surface area contributed by atoms with Gasteiger partial charge < -0.3 is 4.57 Å². The van der Waals surface area contributed by atoms with Crippen LogP contribution in [0.5, 0.6) is 0 Å². The molecule has 1 aliphatic carbocycles. The van der Waals surface area contributed by atoms with Crippen LogP contribution in [0.15, 0.2) is 17.2 Å². The van der Waals surface area contributed by atoms with Gasteiger partial charge in [0, 0.05) is 26.0 Å². The summed E-state index contributed by atoms with van der Waals surface area (Å²) in [4.78, 5) is 11.6. The predicted octanol–water partition coefficient (Wildman–Crippen LogP) is 1.29. The molecule has 0 unspecified atom stereocenters. The molecule has 0 bridgehead atoms. The van der Waals surface area contributed by atoms with Crippen molar-refractivity contribution in [1.29, 1.82) is 0 Å². The third-order valence-electron chi connectivity index (χ3n) is 3.27. The van der Waals surface area contributed by atoms with E-state index in [0.717, 1.165) is 12.3 Å². The van der Waals surface area contributed by atoms with E-state index in [1.54, 1.807) is 16.2 Å². The normalized spacial score (nSPS) is 19.3. The molecule has 78 valence electrons. The highest BCUT2D eigenvalue weighted by molar-refractivity contribution is 7.80. The fraction of sp³-hybridized carbons (Fsp3) is 0.700. The molecular weight excluding hydrogens is 196 g/mol. The van der Waals surface area contributed by atoms with Gasteiger partial charge in [-0.3, -0.25) is 4.57 Å². The van der Waals surface area contributed by atoms with Crippen LogP contribution in [0.25, 0.3) is 0 Å². The molecule has 1 saturated carbocycles. The molecule has 0 N–H and O–H groups in total. The molecule has 0 aliphatic heterocycles. The van der Waals surface area contributed by atoms with Crippen LogP contribution in [0, 0.1) is 5.41 Å². The van der Waals surface area contributed by atoms with Crippen LogP contribution in [-0.4, -0.2) is 14.9 Å². The van der Waals surface area contributed by atoms with Crippen LogP contribution in [0.3, 0.4) is 0 Å². The van der Waals surface area contributed by atoms with Gasteiger partial charge in [0.25, 0.3) is 0 Å².